The first-order valence-electron chi connectivity index (χ1n) is 8.72. The molecule has 0 spiro atoms. The Balaban J connectivity index is 2.02. The molecule has 3 rings (SSSR count). The molecule has 0 fully saturated rings. The zero-order valence-electron chi connectivity index (χ0n) is 15.5. The zero-order valence-corrected chi connectivity index (χ0v) is 17.0. The summed E-state index contributed by atoms with van der Waals surface area (Å²) in [5, 5.41) is 9.92. The van der Waals surface area contributed by atoms with Crippen LogP contribution in [0.25, 0.3) is 0 Å². The van der Waals surface area contributed by atoms with E-state index in [1.807, 2.05) is 0 Å². The van der Waals surface area contributed by atoms with Crippen LogP contribution in [0.4, 0.5) is 17.6 Å². The van der Waals surface area contributed by atoms with Crippen LogP contribution in [0.2, 0.25) is 10.0 Å². The second-order valence-corrected chi connectivity index (χ2v) is 7.60. The molecule has 0 aliphatic rings. The highest BCUT2D eigenvalue weighted by Gasteiger charge is 2.37. The Kier molecular flexibility index (Phi) is 6.20. The summed E-state index contributed by atoms with van der Waals surface area (Å²) in [6.07, 6.45) is 0. The molecule has 0 saturated carbocycles. The summed E-state index contributed by atoms with van der Waals surface area (Å²) in [7, 11) is 0. The first-order chi connectivity index (χ1) is 14.4. The van der Waals surface area contributed by atoms with Gasteiger partial charge in [0, 0.05) is 21.2 Å². The Hall–Kier alpha value is -2.78. The molecular formula is C20H14Cl2F4N2O3. The van der Waals surface area contributed by atoms with Gasteiger partial charge in [0.15, 0.2) is 0 Å². The fourth-order valence-corrected chi connectivity index (χ4v) is 3.29. The Labute approximate surface area is 182 Å². The van der Waals surface area contributed by atoms with E-state index >= 15 is 0 Å². The molecule has 0 unspecified atom stereocenters. The smallest absolute Gasteiger partial charge is 0.334 e. The summed E-state index contributed by atoms with van der Waals surface area (Å²) in [4.78, 5) is 24.7. The van der Waals surface area contributed by atoms with Gasteiger partial charge in [-0.25, -0.2) is 4.79 Å². The fourth-order valence-electron chi connectivity index (χ4n) is 2.91. The van der Waals surface area contributed by atoms with Gasteiger partial charge >= 0.3 is 5.69 Å². The molecule has 1 heterocycles. The van der Waals surface area contributed by atoms with Crippen molar-refractivity contribution in [2.24, 2.45) is 0 Å². The van der Waals surface area contributed by atoms with E-state index in [1.165, 1.54) is 24.3 Å². The van der Waals surface area contributed by atoms with Gasteiger partial charge in [-0.3, -0.25) is 13.9 Å². The van der Waals surface area contributed by atoms with Crippen molar-refractivity contribution >= 4 is 23.2 Å². The van der Waals surface area contributed by atoms with Gasteiger partial charge in [-0.05, 0) is 24.3 Å². The molecule has 0 aliphatic carbocycles. The third kappa shape index (κ3) is 4.94. The van der Waals surface area contributed by atoms with E-state index in [1.54, 1.807) is 0 Å². The van der Waals surface area contributed by atoms with E-state index in [-0.39, 0.29) is 19.2 Å². The van der Waals surface area contributed by atoms with Crippen LogP contribution in [0.3, 0.4) is 0 Å². The maximum atomic E-state index is 14.7. The lowest BCUT2D eigenvalue weighted by Crippen LogP contribution is -2.44. The Morgan fingerprint density at radius 3 is 1.68 bits per heavy atom. The summed E-state index contributed by atoms with van der Waals surface area (Å²) >= 11 is 11.4. The van der Waals surface area contributed by atoms with Crippen molar-refractivity contribution in [3.8, 4) is 5.88 Å². The van der Waals surface area contributed by atoms with E-state index in [0.29, 0.717) is 6.07 Å². The van der Waals surface area contributed by atoms with Gasteiger partial charge in [-0.2, -0.15) is 17.6 Å². The van der Waals surface area contributed by atoms with Gasteiger partial charge in [0.05, 0.1) is 19.2 Å². The van der Waals surface area contributed by atoms with E-state index in [0.717, 1.165) is 24.3 Å². The average Bonchev–Trinajstić information content (AvgIpc) is 2.68. The summed E-state index contributed by atoms with van der Waals surface area (Å²) in [5.41, 5.74) is -3.93. The molecule has 0 bridgehead atoms. The SMILES string of the molecule is O=c1cc(O)n(CC(F)(F)c2cccc(Cl)c2)c(=O)n1CC(F)(F)c1cccc(Cl)c1. The number of halogens is 6. The van der Waals surface area contributed by atoms with E-state index < -0.39 is 53.2 Å². The van der Waals surface area contributed by atoms with Crippen LogP contribution in [0.5, 0.6) is 5.88 Å². The summed E-state index contributed by atoms with van der Waals surface area (Å²) in [5.74, 6) is -8.51. The zero-order chi connectivity index (χ0) is 23.0. The summed E-state index contributed by atoms with van der Waals surface area (Å²) in [6, 6.07) is 9.69. The number of hydrogen-bond donors (Lipinski definition) is 1. The number of alkyl halides is 4. The molecule has 2 aromatic carbocycles. The molecule has 3 aromatic rings. The van der Waals surface area contributed by atoms with Gasteiger partial charge in [0.25, 0.3) is 17.4 Å². The van der Waals surface area contributed by atoms with Crippen molar-refractivity contribution in [3.63, 3.8) is 0 Å². The summed E-state index contributed by atoms with van der Waals surface area (Å²) < 4.78 is 58.9. The maximum Gasteiger partial charge on any atom is 0.334 e. The highest BCUT2D eigenvalue weighted by atomic mass is 35.5. The lowest BCUT2D eigenvalue weighted by molar-refractivity contribution is -0.0315. The molecule has 0 amide bonds. The van der Waals surface area contributed by atoms with E-state index in [2.05, 4.69) is 0 Å². The Bertz CT molecular complexity index is 1240. The number of aromatic hydroxyl groups is 1. The van der Waals surface area contributed by atoms with Gasteiger partial charge in [-0.15, -0.1) is 0 Å². The standard InChI is InChI=1S/C20H14Cl2F4N2O3/c21-14-5-1-3-12(7-14)19(23,24)10-27-16(29)9-17(30)28(18(27)31)11-20(25,26)13-4-2-6-15(22)8-13/h1-9,29H,10-11H2. The van der Waals surface area contributed by atoms with Crippen molar-refractivity contribution < 1.29 is 22.7 Å². The molecule has 31 heavy (non-hydrogen) atoms. The second-order valence-electron chi connectivity index (χ2n) is 6.73. The summed E-state index contributed by atoms with van der Waals surface area (Å²) in [6.45, 7) is -2.84. The topological polar surface area (TPSA) is 64.2 Å². The molecule has 5 nitrogen and oxygen atoms in total. The first kappa shape index (κ1) is 22.9. The molecule has 1 aromatic heterocycles. The number of nitrogens with zero attached hydrogens (tertiary/aromatic N) is 2. The number of aromatic nitrogens is 2. The van der Waals surface area contributed by atoms with Crippen LogP contribution >= 0.6 is 23.2 Å². The molecular weight excluding hydrogens is 463 g/mol. The molecule has 11 heteroatoms. The van der Waals surface area contributed by atoms with Gasteiger partial charge in [0.1, 0.15) is 0 Å². The molecule has 0 aliphatic heterocycles. The van der Waals surface area contributed by atoms with Crippen molar-refractivity contribution in [1.82, 2.24) is 9.13 Å². The van der Waals surface area contributed by atoms with E-state index in [9.17, 15) is 32.3 Å². The van der Waals surface area contributed by atoms with Gasteiger partial charge < -0.3 is 5.11 Å². The van der Waals surface area contributed by atoms with Crippen molar-refractivity contribution in [3.05, 3.63) is 96.6 Å². The van der Waals surface area contributed by atoms with Gasteiger partial charge in [0.2, 0.25) is 5.88 Å². The molecule has 0 saturated heterocycles. The minimum atomic E-state index is -3.72. The maximum absolute atomic E-state index is 14.7. The van der Waals surface area contributed by atoms with Crippen LogP contribution < -0.4 is 11.2 Å². The van der Waals surface area contributed by atoms with Crippen LogP contribution in [0.1, 0.15) is 11.1 Å². The minimum Gasteiger partial charge on any atom is -0.494 e. The quantitative estimate of drug-likeness (QED) is 0.528. The van der Waals surface area contributed by atoms with Crippen molar-refractivity contribution in [1.29, 1.82) is 0 Å². The van der Waals surface area contributed by atoms with Crippen LogP contribution in [-0.2, 0) is 24.9 Å². The third-order valence-corrected chi connectivity index (χ3v) is 4.93. The van der Waals surface area contributed by atoms with Crippen molar-refractivity contribution in [2.75, 3.05) is 0 Å². The third-order valence-electron chi connectivity index (χ3n) is 4.46. The monoisotopic (exact) mass is 476 g/mol. The predicted molar refractivity (Wildman–Crippen MR) is 107 cm³/mol. The number of rotatable bonds is 6. The largest absolute Gasteiger partial charge is 0.494 e. The van der Waals surface area contributed by atoms with Gasteiger partial charge in [-0.1, -0.05) is 47.5 Å². The minimum absolute atomic E-state index is 0.00815. The fraction of sp³-hybridized carbons (Fsp3) is 0.200. The van der Waals surface area contributed by atoms with E-state index in [4.69, 9.17) is 23.2 Å². The lowest BCUT2D eigenvalue weighted by atomic mass is 10.1. The van der Waals surface area contributed by atoms with Crippen molar-refractivity contribution in [2.45, 2.75) is 24.9 Å². The number of hydrogen-bond acceptors (Lipinski definition) is 3. The van der Waals surface area contributed by atoms with Crippen LogP contribution in [0.15, 0.2) is 64.2 Å². The molecule has 0 atom stereocenters. The molecule has 1 N–H and O–H groups in total. The van der Waals surface area contributed by atoms with Crippen LogP contribution in [-0.4, -0.2) is 14.2 Å². The lowest BCUT2D eigenvalue weighted by Gasteiger charge is -2.21. The highest BCUT2D eigenvalue weighted by Crippen LogP contribution is 2.33. The molecule has 0 radical (unpaired) electrons. The Morgan fingerprint density at radius 2 is 1.23 bits per heavy atom. The molecule has 164 valence electrons. The highest BCUT2D eigenvalue weighted by molar-refractivity contribution is 6.30. The van der Waals surface area contributed by atoms with Crippen LogP contribution in [0, 0.1) is 0 Å². The predicted octanol–water partition coefficient (Wildman–Crippen LogP) is 4.61. The normalized spacial score (nSPS) is 12.2. The first-order valence-corrected chi connectivity index (χ1v) is 9.48. The Morgan fingerprint density at radius 1 is 0.774 bits per heavy atom. The number of benzene rings is 2. The second kappa shape index (κ2) is 8.39. The average molecular weight is 477 g/mol.